The monoisotopic (exact) mass is 350 g/mol. The highest BCUT2D eigenvalue weighted by Crippen LogP contribution is 2.28. The molecule has 1 aliphatic heterocycles. The molecule has 0 fully saturated rings. The van der Waals surface area contributed by atoms with Crippen molar-refractivity contribution < 1.29 is 4.79 Å². The minimum Gasteiger partial charge on any atom is -0.347 e. The summed E-state index contributed by atoms with van der Waals surface area (Å²) in [5.41, 5.74) is 6.57. The molecule has 0 atom stereocenters. The Morgan fingerprint density at radius 2 is 2.08 bits per heavy atom. The van der Waals surface area contributed by atoms with Crippen LogP contribution >= 0.6 is 0 Å². The van der Waals surface area contributed by atoms with Crippen LogP contribution in [0.25, 0.3) is 5.69 Å². The van der Waals surface area contributed by atoms with E-state index in [-0.39, 0.29) is 5.91 Å². The number of aromatic nitrogens is 2. The maximum atomic E-state index is 12.8. The molecular formula is C21H26N4O. The molecular weight excluding hydrogens is 324 g/mol. The van der Waals surface area contributed by atoms with Crippen LogP contribution < -0.4 is 10.6 Å². The predicted octanol–water partition coefficient (Wildman–Crippen LogP) is 2.57. The number of nitrogens with zero attached hydrogens (tertiary/aromatic N) is 2. The fraction of sp³-hybridized carbons (Fsp3) is 0.429. The van der Waals surface area contributed by atoms with Crippen molar-refractivity contribution in [1.29, 1.82) is 0 Å². The van der Waals surface area contributed by atoms with Gasteiger partial charge in [0.2, 0.25) is 0 Å². The van der Waals surface area contributed by atoms with E-state index in [0.29, 0.717) is 12.2 Å². The van der Waals surface area contributed by atoms with Gasteiger partial charge in [0.1, 0.15) is 0 Å². The number of benzene rings is 1. The van der Waals surface area contributed by atoms with Crippen molar-refractivity contribution in [3.05, 3.63) is 58.4 Å². The third-order valence-corrected chi connectivity index (χ3v) is 5.37. The summed E-state index contributed by atoms with van der Waals surface area (Å²) in [5.74, 6) is -0.0495. The van der Waals surface area contributed by atoms with Gasteiger partial charge in [0.05, 0.1) is 5.69 Å². The SMILES string of the molecule is CCc1ccc(-n2nc(C(=O)NCC3=CCNCC3)c3c2CCC3)cc1. The number of carbonyl (C=O) groups is 1. The highest BCUT2D eigenvalue weighted by Gasteiger charge is 2.26. The summed E-state index contributed by atoms with van der Waals surface area (Å²) in [5, 5.41) is 11.1. The Kier molecular flexibility index (Phi) is 4.89. The van der Waals surface area contributed by atoms with Gasteiger partial charge in [-0.1, -0.05) is 30.7 Å². The molecule has 2 heterocycles. The van der Waals surface area contributed by atoms with E-state index in [1.165, 1.54) is 16.8 Å². The fourth-order valence-electron chi connectivity index (χ4n) is 3.81. The zero-order valence-corrected chi connectivity index (χ0v) is 15.3. The number of rotatable bonds is 5. The number of nitrogens with one attached hydrogen (secondary N) is 2. The minimum absolute atomic E-state index is 0.0495. The van der Waals surface area contributed by atoms with E-state index in [2.05, 4.69) is 47.9 Å². The Hall–Kier alpha value is -2.40. The molecule has 1 amide bonds. The number of fused-ring (bicyclic) bond motifs is 1. The van der Waals surface area contributed by atoms with Crippen LogP contribution in [0.5, 0.6) is 0 Å². The van der Waals surface area contributed by atoms with Crippen LogP contribution in [0.15, 0.2) is 35.9 Å². The maximum Gasteiger partial charge on any atom is 0.272 e. The van der Waals surface area contributed by atoms with Crippen molar-refractivity contribution in [3.63, 3.8) is 0 Å². The van der Waals surface area contributed by atoms with Crippen LogP contribution in [0.2, 0.25) is 0 Å². The molecule has 0 saturated carbocycles. The molecule has 0 radical (unpaired) electrons. The smallest absolute Gasteiger partial charge is 0.272 e. The van der Waals surface area contributed by atoms with Crippen molar-refractivity contribution in [2.75, 3.05) is 19.6 Å². The first-order chi connectivity index (χ1) is 12.8. The molecule has 2 aromatic rings. The molecule has 5 nitrogen and oxygen atoms in total. The minimum atomic E-state index is -0.0495. The molecule has 0 spiro atoms. The van der Waals surface area contributed by atoms with E-state index in [0.717, 1.165) is 56.4 Å². The number of amides is 1. The summed E-state index contributed by atoms with van der Waals surface area (Å²) in [6.45, 7) is 4.65. The fourth-order valence-corrected chi connectivity index (χ4v) is 3.81. The summed E-state index contributed by atoms with van der Waals surface area (Å²) in [7, 11) is 0. The van der Waals surface area contributed by atoms with Crippen LogP contribution in [0, 0.1) is 0 Å². The van der Waals surface area contributed by atoms with Crippen LogP contribution in [0.4, 0.5) is 0 Å². The third kappa shape index (κ3) is 3.31. The average molecular weight is 350 g/mol. The molecule has 1 aromatic carbocycles. The van der Waals surface area contributed by atoms with Crippen molar-refractivity contribution in [2.24, 2.45) is 0 Å². The normalized spacial score (nSPS) is 16.3. The molecule has 0 bridgehead atoms. The lowest BCUT2D eigenvalue weighted by molar-refractivity contribution is 0.0950. The van der Waals surface area contributed by atoms with Gasteiger partial charge in [-0.15, -0.1) is 0 Å². The first-order valence-corrected chi connectivity index (χ1v) is 9.63. The van der Waals surface area contributed by atoms with Crippen molar-refractivity contribution in [1.82, 2.24) is 20.4 Å². The average Bonchev–Trinajstić information content (AvgIpc) is 3.30. The molecule has 1 aliphatic carbocycles. The Balaban J connectivity index is 1.56. The van der Waals surface area contributed by atoms with Crippen molar-refractivity contribution in [3.8, 4) is 5.69 Å². The van der Waals surface area contributed by atoms with Crippen molar-refractivity contribution >= 4 is 5.91 Å². The number of aryl methyl sites for hydroxylation is 1. The predicted molar refractivity (Wildman–Crippen MR) is 103 cm³/mol. The van der Waals surface area contributed by atoms with Gasteiger partial charge in [-0.25, -0.2) is 4.68 Å². The summed E-state index contributed by atoms with van der Waals surface area (Å²) in [6, 6.07) is 8.49. The van der Waals surface area contributed by atoms with Gasteiger partial charge in [0.15, 0.2) is 5.69 Å². The summed E-state index contributed by atoms with van der Waals surface area (Å²) in [4.78, 5) is 12.8. The van der Waals surface area contributed by atoms with Crippen molar-refractivity contribution in [2.45, 2.75) is 39.0 Å². The standard InChI is InChI=1S/C21H26N4O/c1-2-15-6-8-17(9-7-15)25-19-5-3-4-18(19)20(24-25)21(26)23-14-16-10-12-22-13-11-16/h6-10,22H,2-5,11-14H2,1H3,(H,23,26). The topological polar surface area (TPSA) is 59.0 Å². The van der Waals surface area contributed by atoms with Gasteiger partial charge in [-0.3, -0.25) is 4.79 Å². The van der Waals surface area contributed by atoms with Crippen LogP contribution in [-0.2, 0) is 19.3 Å². The number of hydrogen-bond acceptors (Lipinski definition) is 3. The second-order valence-electron chi connectivity index (χ2n) is 7.06. The van der Waals surface area contributed by atoms with E-state index in [9.17, 15) is 4.79 Å². The largest absolute Gasteiger partial charge is 0.347 e. The molecule has 26 heavy (non-hydrogen) atoms. The Bertz CT molecular complexity index is 832. The zero-order valence-electron chi connectivity index (χ0n) is 15.3. The Morgan fingerprint density at radius 3 is 2.81 bits per heavy atom. The third-order valence-electron chi connectivity index (χ3n) is 5.37. The second-order valence-corrected chi connectivity index (χ2v) is 7.06. The highest BCUT2D eigenvalue weighted by atomic mass is 16.1. The van der Waals surface area contributed by atoms with E-state index in [1.807, 2.05) is 4.68 Å². The number of hydrogen-bond donors (Lipinski definition) is 2. The Labute approximate surface area is 154 Å². The Morgan fingerprint density at radius 1 is 1.23 bits per heavy atom. The molecule has 2 N–H and O–H groups in total. The summed E-state index contributed by atoms with van der Waals surface area (Å²) < 4.78 is 1.97. The summed E-state index contributed by atoms with van der Waals surface area (Å²) in [6.07, 6.45) is 7.21. The molecule has 5 heteroatoms. The highest BCUT2D eigenvalue weighted by molar-refractivity contribution is 5.94. The first-order valence-electron chi connectivity index (χ1n) is 9.63. The van der Waals surface area contributed by atoms with E-state index >= 15 is 0 Å². The lowest BCUT2D eigenvalue weighted by atomic mass is 10.1. The van der Waals surface area contributed by atoms with Crippen LogP contribution in [0.3, 0.4) is 0 Å². The van der Waals surface area contributed by atoms with Gasteiger partial charge in [0.25, 0.3) is 5.91 Å². The van der Waals surface area contributed by atoms with Gasteiger partial charge in [-0.05, 0) is 56.3 Å². The van der Waals surface area contributed by atoms with Crippen LogP contribution in [0.1, 0.15) is 47.1 Å². The molecule has 0 unspecified atom stereocenters. The lowest BCUT2D eigenvalue weighted by Crippen LogP contribution is -2.30. The van der Waals surface area contributed by atoms with E-state index < -0.39 is 0 Å². The molecule has 0 saturated heterocycles. The number of carbonyl (C=O) groups excluding carboxylic acids is 1. The quantitative estimate of drug-likeness (QED) is 0.815. The van der Waals surface area contributed by atoms with Gasteiger partial charge in [0, 0.05) is 24.3 Å². The van der Waals surface area contributed by atoms with E-state index in [1.54, 1.807) is 0 Å². The molecule has 136 valence electrons. The first kappa shape index (κ1) is 17.0. The van der Waals surface area contributed by atoms with Gasteiger partial charge < -0.3 is 10.6 Å². The maximum absolute atomic E-state index is 12.8. The molecule has 4 rings (SSSR count). The lowest BCUT2D eigenvalue weighted by Gasteiger charge is -2.14. The van der Waals surface area contributed by atoms with Gasteiger partial charge >= 0.3 is 0 Å². The van der Waals surface area contributed by atoms with Gasteiger partial charge in [-0.2, -0.15) is 5.10 Å². The molecule has 2 aliphatic rings. The summed E-state index contributed by atoms with van der Waals surface area (Å²) >= 11 is 0. The van der Waals surface area contributed by atoms with Crippen LogP contribution in [-0.4, -0.2) is 35.3 Å². The van der Waals surface area contributed by atoms with E-state index in [4.69, 9.17) is 5.10 Å². The molecule has 1 aromatic heterocycles. The second kappa shape index (κ2) is 7.46. The zero-order chi connectivity index (χ0) is 17.9.